The van der Waals surface area contributed by atoms with Crippen LogP contribution in [-0.2, 0) is 11.3 Å². The first-order valence-electron chi connectivity index (χ1n) is 8.98. The van der Waals surface area contributed by atoms with Gasteiger partial charge in [0.05, 0.1) is 31.4 Å². The molecule has 1 saturated heterocycles. The van der Waals surface area contributed by atoms with Crippen LogP contribution in [0, 0.1) is 0 Å². The number of ether oxygens (including phenoxy) is 2. The van der Waals surface area contributed by atoms with E-state index in [1.165, 1.54) is 4.90 Å². The molecule has 1 aliphatic heterocycles. The molecule has 3 heterocycles. The number of hydrogen-bond acceptors (Lipinski definition) is 5. The highest BCUT2D eigenvalue weighted by atomic mass is 79.9. The lowest BCUT2D eigenvalue weighted by atomic mass is 10.2. The van der Waals surface area contributed by atoms with Gasteiger partial charge in [-0.05, 0) is 39.7 Å². The zero-order valence-corrected chi connectivity index (χ0v) is 17.5. The van der Waals surface area contributed by atoms with Gasteiger partial charge in [0, 0.05) is 19.2 Å². The first-order valence-corrected chi connectivity index (χ1v) is 9.77. The first kappa shape index (κ1) is 19.3. The van der Waals surface area contributed by atoms with Crippen molar-refractivity contribution in [1.82, 2.24) is 14.3 Å². The number of hydrogen-bond donors (Lipinski definition) is 0. The van der Waals surface area contributed by atoms with E-state index in [4.69, 9.17) is 9.47 Å². The van der Waals surface area contributed by atoms with E-state index < -0.39 is 0 Å². The van der Waals surface area contributed by atoms with Gasteiger partial charge in [0.2, 0.25) is 5.91 Å². The second kappa shape index (κ2) is 7.75. The number of imidazole rings is 1. The molecule has 29 heavy (non-hydrogen) atoms. The van der Waals surface area contributed by atoms with E-state index in [1.807, 2.05) is 24.4 Å². The van der Waals surface area contributed by atoms with Gasteiger partial charge in [0.1, 0.15) is 11.6 Å². The highest BCUT2D eigenvalue weighted by molar-refractivity contribution is 9.10. The molecule has 3 aromatic rings. The molecule has 1 aliphatic rings. The summed E-state index contributed by atoms with van der Waals surface area (Å²) in [5, 5.41) is 0. The van der Waals surface area contributed by atoms with Crippen molar-refractivity contribution < 1.29 is 19.1 Å². The Morgan fingerprint density at radius 2 is 1.86 bits per heavy atom. The van der Waals surface area contributed by atoms with Crippen molar-refractivity contribution in [1.29, 1.82) is 0 Å². The van der Waals surface area contributed by atoms with E-state index in [0.717, 1.165) is 15.8 Å². The SMILES string of the molecule is COc1ccc(CN2C(=O)CCN(c3cnc4c(OC)c(Br)ccn34)C2=O)cc1. The summed E-state index contributed by atoms with van der Waals surface area (Å²) in [5.41, 5.74) is 1.43. The van der Waals surface area contributed by atoms with Crippen molar-refractivity contribution in [2.45, 2.75) is 13.0 Å². The van der Waals surface area contributed by atoms with Crippen LogP contribution in [-0.4, -0.2) is 47.0 Å². The van der Waals surface area contributed by atoms with Gasteiger partial charge in [-0.1, -0.05) is 12.1 Å². The molecule has 0 saturated carbocycles. The summed E-state index contributed by atoms with van der Waals surface area (Å²) >= 11 is 3.44. The van der Waals surface area contributed by atoms with Gasteiger partial charge in [0.25, 0.3) is 0 Å². The molecule has 2 aromatic heterocycles. The largest absolute Gasteiger partial charge is 0.497 e. The van der Waals surface area contributed by atoms with Gasteiger partial charge in [-0.3, -0.25) is 19.0 Å². The third-order valence-electron chi connectivity index (χ3n) is 4.86. The maximum Gasteiger partial charge on any atom is 0.332 e. The molecule has 0 atom stereocenters. The molecular weight excluding hydrogens is 440 g/mol. The number of benzene rings is 1. The predicted octanol–water partition coefficient (Wildman–Crippen LogP) is 3.47. The summed E-state index contributed by atoms with van der Waals surface area (Å²) in [4.78, 5) is 32.8. The number of anilines is 1. The van der Waals surface area contributed by atoms with Crippen LogP contribution in [0.25, 0.3) is 5.65 Å². The van der Waals surface area contributed by atoms with E-state index in [0.29, 0.717) is 23.8 Å². The van der Waals surface area contributed by atoms with Crippen molar-refractivity contribution in [3.8, 4) is 11.5 Å². The number of fused-ring (bicyclic) bond motifs is 1. The van der Waals surface area contributed by atoms with Crippen LogP contribution < -0.4 is 14.4 Å². The predicted molar refractivity (Wildman–Crippen MR) is 110 cm³/mol. The van der Waals surface area contributed by atoms with Crippen LogP contribution in [0.3, 0.4) is 0 Å². The molecule has 0 N–H and O–H groups in total. The van der Waals surface area contributed by atoms with Crippen molar-refractivity contribution >= 4 is 39.3 Å². The van der Waals surface area contributed by atoms with Crippen LogP contribution in [0.5, 0.6) is 11.5 Å². The lowest BCUT2D eigenvalue weighted by molar-refractivity contribution is -0.129. The molecule has 8 nitrogen and oxygen atoms in total. The van der Waals surface area contributed by atoms with Gasteiger partial charge in [-0.15, -0.1) is 0 Å². The van der Waals surface area contributed by atoms with E-state index in [9.17, 15) is 9.59 Å². The minimum absolute atomic E-state index is 0.198. The molecule has 0 spiro atoms. The Kier molecular flexibility index (Phi) is 5.14. The number of halogens is 1. The van der Waals surface area contributed by atoms with Crippen molar-refractivity contribution in [2.24, 2.45) is 0 Å². The Bertz CT molecular complexity index is 1080. The first-order chi connectivity index (χ1) is 14.0. The number of rotatable bonds is 5. The maximum absolute atomic E-state index is 13.2. The zero-order valence-electron chi connectivity index (χ0n) is 16.0. The number of pyridine rings is 1. The second-order valence-corrected chi connectivity index (χ2v) is 7.37. The van der Waals surface area contributed by atoms with Crippen LogP contribution in [0.4, 0.5) is 10.6 Å². The highest BCUT2D eigenvalue weighted by Crippen LogP contribution is 2.32. The monoisotopic (exact) mass is 458 g/mol. The fourth-order valence-electron chi connectivity index (χ4n) is 3.35. The average Bonchev–Trinajstić information content (AvgIpc) is 3.15. The highest BCUT2D eigenvalue weighted by Gasteiger charge is 2.34. The van der Waals surface area contributed by atoms with E-state index in [1.54, 1.807) is 41.8 Å². The Labute approximate surface area is 175 Å². The van der Waals surface area contributed by atoms with E-state index in [-0.39, 0.29) is 24.9 Å². The number of nitrogens with zero attached hydrogens (tertiary/aromatic N) is 4. The molecule has 1 fully saturated rings. The molecule has 0 unspecified atom stereocenters. The van der Waals surface area contributed by atoms with Gasteiger partial charge >= 0.3 is 6.03 Å². The number of carbonyl (C=O) groups excluding carboxylic acids is 2. The third-order valence-corrected chi connectivity index (χ3v) is 5.48. The molecule has 1 aromatic carbocycles. The maximum atomic E-state index is 13.2. The number of carbonyl (C=O) groups is 2. The number of imide groups is 1. The molecule has 3 amide bonds. The summed E-state index contributed by atoms with van der Waals surface area (Å²) in [7, 11) is 3.16. The molecule has 150 valence electrons. The summed E-state index contributed by atoms with van der Waals surface area (Å²) in [6.45, 7) is 0.493. The average molecular weight is 459 g/mol. The van der Waals surface area contributed by atoms with Crippen molar-refractivity contribution in [3.63, 3.8) is 0 Å². The minimum atomic E-state index is -0.374. The van der Waals surface area contributed by atoms with Crippen LogP contribution >= 0.6 is 15.9 Å². The number of urea groups is 1. The number of aromatic nitrogens is 2. The lowest BCUT2D eigenvalue weighted by Crippen LogP contribution is -2.52. The number of methoxy groups -OCH3 is 2. The summed E-state index contributed by atoms with van der Waals surface area (Å²) in [6.07, 6.45) is 3.66. The Balaban J connectivity index is 1.64. The smallest absolute Gasteiger partial charge is 0.332 e. The van der Waals surface area contributed by atoms with Crippen molar-refractivity contribution in [2.75, 3.05) is 25.7 Å². The standard InChI is InChI=1S/C20H19BrN4O4/c1-28-14-5-3-13(4-6-14)12-25-17(26)8-10-24(20(25)27)16-11-22-19-18(29-2)15(21)7-9-23(16)19/h3-7,9,11H,8,10,12H2,1-2H3. The van der Waals surface area contributed by atoms with Crippen LogP contribution in [0.2, 0.25) is 0 Å². The summed E-state index contributed by atoms with van der Waals surface area (Å²) in [5.74, 6) is 1.69. The Morgan fingerprint density at radius 3 is 2.55 bits per heavy atom. The van der Waals surface area contributed by atoms with Crippen molar-refractivity contribution in [3.05, 3.63) is 52.8 Å². The van der Waals surface area contributed by atoms with Gasteiger partial charge in [-0.25, -0.2) is 9.78 Å². The Hall–Kier alpha value is -3.07. The Morgan fingerprint density at radius 1 is 1.10 bits per heavy atom. The molecule has 0 aliphatic carbocycles. The quantitative estimate of drug-likeness (QED) is 0.584. The third kappa shape index (κ3) is 3.42. The van der Waals surface area contributed by atoms with Crippen LogP contribution in [0.1, 0.15) is 12.0 Å². The fraction of sp³-hybridized carbons (Fsp3) is 0.250. The van der Waals surface area contributed by atoms with E-state index >= 15 is 0 Å². The summed E-state index contributed by atoms with van der Waals surface area (Å²) < 4.78 is 13.1. The van der Waals surface area contributed by atoms with Crippen LogP contribution in [0.15, 0.2) is 47.2 Å². The topological polar surface area (TPSA) is 76.4 Å². The fourth-order valence-corrected chi connectivity index (χ4v) is 3.81. The molecule has 0 bridgehead atoms. The molecular formula is C20H19BrN4O4. The molecule has 4 rings (SSSR count). The second-order valence-electron chi connectivity index (χ2n) is 6.52. The molecule has 9 heteroatoms. The van der Waals surface area contributed by atoms with Gasteiger partial charge in [-0.2, -0.15) is 0 Å². The molecule has 0 radical (unpaired) electrons. The lowest BCUT2D eigenvalue weighted by Gasteiger charge is -2.33. The van der Waals surface area contributed by atoms with E-state index in [2.05, 4.69) is 20.9 Å². The minimum Gasteiger partial charge on any atom is -0.497 e. The zero-order chi connectivity index (χ0) is 20.5. The summed E-state index contributed by atoms with van der Waals surface area (Å²) in [6, 6.07) is 8.75. The number of amides is 3. The normalized spacial score (nSPS) is 14.6. The van der Waals surface area contributed by atoms with Gasteiger partial charge in [0.15, 0.2) is 11.4 Å². The van der Waals surface area contributed by atoms with Gasteiger partial charge < -0.3 is 9.47 Å².